The van der Waals surface area contributed by atoms with Crippen molar-refractivity contribution in [1.29, 1.82) is 0 Å². The Kier molecular flexibility index (Phi) is 4.22. The zero-order chi connectivity index (χ0) is 15.6. The van der Waals surface area contributed by atoms with E-state index in [0.29, 0.717) is 12.2 Å². The molecule has 0 bridgehead atoms. The van der Waals surface area contributed by atoms with Gasteiger partial charge in [-0.3, -0.25) is 4.68 Å². The van der Waals surface area contributed by atoms with E-state index < -0.39 is 11.7 Å². The minimum atomic E-state index is -4.38. The first kappa shape index (κ1) is 15.4. The minimum Gasteiger partial charge on any atom is -0.370 e. The topological polar surface area (TPSA) is 47.1 Å². The number of hydrogen-bond acceptors (Lipinski definition) is 3. The summed E-state index contributed by atoms with van der Waals surface area (Å²) in [4.78, 5) is 1.86. The van der Waals surface area contributed by atoms with Crippen LogP contribution in [-0.4, -0.2) is 16.8 Å². The molecule has 0 saturated heterocycles. The second-order valence-corrected chi connectivity index (χ2v) is 4.92. The van der Waals surface area contributed by atoms with Gasteiger partial charge in [-0.05, 0) is 23.8 Å². The van der Waals surface area contributed by atoms with Crippen LogP contribution in [0.15, 0.2) is 30.6 Å². The molecule has 2 rings (SSSR count). The molecule has 0 fully saturated rings. The van der Waals surface area contributed by atoms with Crippen LogP contribution in [0.3, 0.4) is 0 Å². The van der Waals surface area contributed by atoms with Crippen molar-refractivity contribution in [2.45, 2.75) is 19.3 Å². The fourth-order valence-electron chi connectivity index (χ4n) is 2.18. The summed E-state index contributed by atoms with van der Waals surface area (Å²) < 4.78 is 40.2. The van der Waals surface area contributed by atoms with Crippen molar-refractivity contribution in [2.24, 2.45) is 12.8 Å². The number of nitrogens with two attached hydrogens (primary N) is 1. The molecule has 21 heavy (non-hydrogen) atoms. The van der Waals surface area contributed by atoms with Crippen LogP contribution in [0.4, 0.5) is 18.9 Å². The highest BCUT2D eigenvalue weighted by molar-refractivity contribution is 5.51. The zero-order valence-electron chi connectivity index (χ0n) is 11.9. The van der Waals surface area contributed by atoms with E-state index in [4.69, 9.17) is 5.73 Å². The van der Waals surface area contributed by atoms with E-state index in [0.717, 1.165) is 11.6 Å². The summed E-state index contributed by atoms with van der Waals surface area (Å²) in [7, 11) is 3.63. The summed E-state index contributed by atoms with van der Waals surface area (Å²) in [5.74, 6) is 0. The highest BCUT2D eigenvalue weighted by Crippen LogP contribution is 2.33. The third-order valence-corrected chi connectivity index (χ3v) is 3.23. The molecule has 0 atom stereocenters. The lowest BCUT2D eigenvalue weighted by molar-refractivity contribution is -0.138. The maximum absolute atomic E-state index is 12.8. The number of aromatic nitrogens is 2. The summed E-state index contributed by atoms with van der Waals surface area (Å²) >= 11 is 0. The van der Waals surface area contributed by atoms with Crippen molar-refractivity contribution in [3.8, 4) is 0 Å². The number of hydrogen-bond donors (Lipinski definition) is 1. The lowest BCUT2D eigenvalue weighted by Gasteiger charge is -2.21. The summed E-state index contributed by atoms with van der Waals surface area (Å²) in [5.41, 5.74) is 6.53. The van der Waals surface area contributed by atoms with Gasteiger partial charge >= 0.3 is 6.18 Å². The van der Waals surface area contributed by atoms with E-state index in [9.17, 15) is 13.2 Å². The van der Waals surface area contributed by atoms with Crippen molar-refractivity contribution >= 4 is 5.69 Å². The Bertz CT molecular complexity index is 619. The van der Waals surface area contributed by atoms with E-state index in [1.54, 1.807) is 10.9 Å². The largest absolute Gasteiger partial charge is 0.416 e. The van der Waals surface area contributed by atoms with Crippen LogP contribution in [0, 0.1) is 0 Å². The molecular weight excluding hydrogens is 281 g/mol. The summed E-state index contributed by atoms with van der Waals surface area (Å²) in [6.07, 6.45) is -0.788. The van der Waals surface area contributed by atoms with Gasteiger partial charge in [0.2, 0.25) is 0 Å². The number of alkyl halides is 3. The number of halogens is 3. The van der Waals surface area contributed by atoms with Crippen molar-refractivity contribution in [1.82, 2.24) is 9.78 Å². The van der Waals surface area contributed by atoms with Gasteiger partial charge in [-0.1, -0.05) is 0 Å². The maximum Gasteiger partial charge on any atom is 0.416 e. The highest BCUT2D eigenvalue weighted by Gasteiger charge is 2.33. The van der Waals surface area contributed by atoms with Crippen LogP contribution in [0.25, 0.3) is 0 Å². The molecule has 2 N–H and O–H groups in total. The van der Waals surface area contributed by atoms with Gasteiger partial charge in [0, 0.05) is 44.6 Å². The Morgan fingerprint density at radius 3 is 2.57 bits per heavy atom. The van der Waals surface area contributed by atoms with Gasteiger partial charge in [-0.25, -0.2) is 0 Å². The molecule has 1 heterocycles. The predicted octanol–water partition coefficient (Wildman–Crippen LogP) is 2.53. The maximum atomic E-state index is 12.8. The standard InChI is InChI=1S/C14H17F3N4/c1-20(8-10-7-19-21(2)9-10)12-3-4-13(14(15,16)17)11(5-12)6-18/h3-5,7,9H,6,8,18H2,1-2H3. The Hall–Kier alpha value is -2.02. The van der Waals surface area contributed by atoms with E-state index >= 15 is 0 Å². The third-order valence-electron chi connectivity index (χ3n) is 3.23. The van der Waals surface area contributed by atoms with Crippen LogP contribution >= 0.6 is 0 Å². The first-order valence-corrected chi connectivity index (χ1v) is 6.40. The van der Waals surface area contributed by atoms with Crippen molar-refractivity contribution < 1.29 is 13.2 Å². The molecule has 1 aromatic heterocycles. The van der Waals surface area contributed by atoms with E-state index in [2.05, 4.69) is 5.10 Å². The number of aryl methyl sites for hydroxylation is 1. The first-order valence-electron chi connectivity index (χ1n) is 6.40. The predicted molar refractivity (Wildman–Crippen MR) is 74.7 cm³/mol. The number of nitrogens with zero attached hydrogens (tertiary/aromatic N) is 3. The van der Waals surface area contributed by atoms with Crippen molar-refractivity contribution in [3.63, 3.8) is 0 Å². The van der Waals surface area contributed by atoms with E-state index in [-0.39, 0.29) is 12.1 Å². The van der Waals surface area contributed by atoms with Gasteiger partial charge in [0.05, 0.1) is 11.8 Å². The fourth-order valence-corrected chi connectivity index (χ4v) is 2.18. The summed E-state index contributed by atoms with van der Waals surface area (Å²) in [6.45, 7) is 0.409. The van der Waals surface area contributed by atoms with Crippen LogP contribution in [0.5, 0.6) is 0 Å². The molecule has 4 nitrogen and oxygen atoms in total. The van der Waals surface area contributed by atoms with Gasteiger partial charge in [-0.15, -0.1) is 0 Å². The van der Waals surface area contributed by atoms with E-state index in [1.165, 1.54) is 12.1 Å². The van der Waals surface area contributed by atoms with Crippen LogP contribution in [0.2, 0.25) is 0 Å². The third kappa shape index (κ3) is 3.55. The molecule has 114 valence electrons. The SMILES string of the molecule is CN(Cc1cnn(C)c1)c1ccc(C(F)(F)F)c(CN)c1. The molecule has 1 aromatic carbocycles. The minimum absolute atomic E-state index is 0.0954. The zero-order valence-corrected chi connectivity index (χ0v) is 11.9. The van der Waals surface area contributed by atoms with Gasteiger partial charge in [0.25, 0.3) is 0 Å². The quantitative estimate of drug-likeness (QED) is 0.943. The Balaban J connectivity index is 2.24. The Morgan fingerprint density at radius 1 is 1.33 bits per heavy atom. The van der Waals surface area contributed by atoms with Crippen LogP contribution in [0.1, 0.15) is 16.7 Å². The Labute approximate surface area is 121 Å². The monoisotopic (exact) mass is 298 g/mol. The molecule has 0 amide bonds. The first-order chi connectivity index (χ1) is 9.81. The molecule has 0 aliphatic carbocycles. The second-order valence-electron chi connectivity index (χ2n) is 4.92. The lowest BCUT2D eigenvalue weighted by atomic mass is 10.1. The summed E-state index contributed by atoms with van der Waals surface area (Å²) in [5, 5.41) is 4.06. The molecule has 2 aromatic rings. The molecule has 0 radical (unpaired) electrons. The molecule has 0 aliphatic heterocycles. The fraction of sp³-hybridized carbons (Fsp3) is 0.357. The van der Waals surface area contributed by atoms with E-state index in [1.807, 2.05) is 25.2 Å². The molecular formula is C14H17F3N4. The lowest BCUT2D eigenvalue weighted by Crippen LogP contribution is -2.18. The Morgan fingerprint density at radius 2 is 2.05 bits per heavy atom. The summed E-state index contributed by atoms with van der Waals surface area (Å²) in [6, 6.07) is 4.02. The van der Waals surface area contributed by atoms with Gasteiger partial charge in [0.15, 0.2) is 0 Å². The molecule has 0 spiro atoms. The van der Waals surface area contributed by atoms with Gasteiger partial charge < -0.3 is 10.6 Å². The molecule has 7 heteroatoms. The molecule has 0 unspecified atom stereocenters. The number of rotatable bonds is 4. The van der Waals surface area contributed by atoms with Crippen LogP contribution < -0.4 is 10.6 Å². The molecule has 0 saturated carbocycles. The second kappa shape index (κ2) is 5.77. The number of anilines is 1. The van der Waals surface area contributed by atoms with Crippen molar-refractivity contribution in [3.05, 3.63) is 47.3 Å². The average molecular weight is 298 g/mol. The average Bonchev–Trinajstić information content (AvgIpc) is 2.82. The molecule has 0 aliphatic rings. The van der Waals surface area contributed by atoms with Crippen LogP contribution in [-0.2, 0) is 26.3 Å². The normalized spacial score (nSPS) is 11.7. The highest BCUT2D eigenvalue weighted by atomic mass is 19.4. The smallest absolute Gasteiger partial charge is 0.370 e. The van der Waals surface area contributed by atoms with Gasteiger partial charge in [-0.2, -0.15) is 18.3 Å². The van der Waals surface area contributed by atoms with Crippen molar-refractivity contribution in [2.75, 3.05) is 11.9 Å². The van der Waals surface area contributed by atoms with Gasteiger partial charge in [0.1, 0.15) is 0 Å². The number of benzene rings is 1.